The third kappa shape index (κ3) is 0.500. The molecular formula is C6H10OSi. The van der Waals surface area contributed by atoms with E-state index in [1.54, 1.807) is 0 Å². The zero-order valence-corrected chi connectivity index (χ0v) is 7.05. The fourth-order valence-corrected chi connectivity index (χ4v) is 2.22. The maximum absolute atomic E-state index is 5.40. The van der Waals surface area contributed by atoms with Gasteiger partial charge in [-0.1, -0.05) is 12.2 Å². The zero-order valence-electron chi connectivity index (χ0n) is 5.05. The maximum atomic E-state index is 5.40. The van der Waals surface area contributed by atoms with Crippen molar-refractivity contribution in [3.63, 3.8) is 0 Å². The fourth-order valence-electron chi connectivity index (χ4n) is 1.45. The first-order chi connectivity index (χ1) is 3.79. The van der Waals surface area contributed by atoms with E-state index < -0.39 is 0 Å². The van der Waals surface area contributed by atoms with Crippen molar-refractivity contribution in [3.05, 3.63) is 12.2 Å². The third-order valence-electron chi connectivity index (χ3n) is 2.01. The van der Waals surface area contributed by atoms with Crippen molar-refractivity contribution in [1.82, 2.24) is 0 Å². The summed E-state index contributed by atoms with van der Waals surface area (Å²) in [6, 6.07) is 0. The lowest BCUT2D eigenvalue weighted by Gasteiger charge is -2.13. The molecule has 0 aromatic rings. The van der Waals surface area contributed by atoms with E-state index in [1.165, 1.54) is 16.7 Å². The van der Waals surface area contributed by atoms with Gasteiger partial charge < -0.3 is 4.74 Å². The maximum Gasteiger partial charge on any atom is 0.0762 e. The standard InChI is InChI=1S/C6H10OSi/c8-6-2-1-5(3-6)7-4-6/h1-2,5H,3-4H2,8H3. The monoisotopic (exact) mass is 126 g/mol. The van der Waals surface area contributed by atoms with E-state index in [1.807, 2.05) is 0 Å². The number of fused-ring (bicyclic) bond motifs is 2. The molecule has 1 nitrogen and oxygen atoms in total. The van der Waals surface area contributed by atoms with Crippen LogP contribution >= 0.6 is 0 Å². The smallest absolute Gasteiger partial charge is 0.0762 e. The summed E-state index contributed by atoms with van der Waals surface area (Å²) in [5.74, 6) is 0. The molecule has 0 N–H and O–H groups in total. The topological polar surface area (TPSA) is 9.23 Å². The molecule has 2 rings (SSSR count). The van der Waals surface area contributed by atoms with Crippen LogP contribution in [0, 0.1) is 0 Å². The van der Waals surface area contributed by atoms with Gasteiger partial charge in [0.2, 0.25) is 0 Å². The molecule has 1 aliphatic carbocycles. The summed E-state index contributed by atoms with van der Waals surface area (Å²) in [4.78, 5) is 0. The van der Waals surface area contributed by atoms with Gasteiger partial charge in [-0.25, -0.2) is 0 Å². The number of rotatable bonds is 0. The highest BCUT2D eigenvalue weighted by Gasteiger charge is 2.37. The fraction of sp³-hybridized carbons (Fsp3) is 0.667. The van der Waals surface area contributed by atoms with Crippen LogP contribution in [-0.2, 0) is 4.74 Å². The first-order valence-corrected chi connectivity index (χ1v) is 4.10. The van der Waals surface area contributed by atoms with E-state index in [0.29, 0.717) is 11.1 Å². The van der Waals surface area contributed by atoms with E-state index in [0.717, 1.165) is 6.61 Å². The van der Waals surface area contributed by atoms with Crippen molar-refractivity contribution < 1.29 is 4.74 Å². The van der Waals surface area contributed by atoms with Crippen molar-refractivity contribution in [2.45, 2.75) is 17.6 Å². The predicted octanol–water partition coefficient (Wildman–Crippen LogP) is -0.131. The Hall–Kier alpha value is -0.0831. The van der Waals surface area contributed by atoms with E-state index in [2.05, 4.69) is 12.2 Å². The molecule has 2 aliphatic rings. The molecule has 2 unspecified atom stereocenters. The van der Waals surface area contributed by atoms with E-state index in [4.69, 9.17) is 4.74 Å². The van der Waals surface area contributed by atoms with Crippen LogP contribution in [0.3, 0.4) is 0 Å². The van der Waals surface area contributed by atoms with E-state index in [-0.39, 0.29) is 0 Å². The minimum absolute atomic E-state index is 0.493. The summed E-state index contributed by atoms with van der Waals surface area (Å²) in [5.41, 5.74) is 0. The minimum Gasteiger partial charge on any atom is -0.374 e. The Balaban J connectivity index is 2.33. The summed E-state index contributed by atoms with van der Waals surface area (Å²) >= 11 is 0. The lowest BCUT2D eigenvalue weighted by atomic mass is 10.1. The Bertz CT molecular complexity index is 143. The van der Waals surface area contributed by atoms with Gasteiger partial charge >= 0.3 is 0 Å². The summed E-state index contributed by atoms with van der Waals surface area (Å²) in [6.07, 6.45) is 6.32. The molecule has 2 atom stereocenters. The molecule has 0 saturated carbocycles. The Labute approximate surface area is 52.1 Å². The molecule has 1 fully saturated rings. The molecule has 0 spiro atoms. The Morgan fingerprint density at radius 3 is 2.75 bits per heavy atom. The van der Waals surface area contributed by atoms with Crippen molar-refractivity contribution in [1.29, 1.82) is 0 Å². The number of hydrogen-bond acceptors (Lipinski definition) is 1. The van der Waals surface area contributed by atoms with Crippen molar-refractivity contribution >= 4 is 10.2 Å². The second kappa shape index (κ2) is 1.25. The van der Waals surface area contributed by atoms with Gasteiger partial charge in [0.15, 0.2) is 0 Å². The van der Waals surface area contributed by atoms with Gasteiger partial charge in [-0.2, -0.15) is 0 Å². The normalized spacial score (nSPS) is 51.2. The van der Waals surface area contributed by atoms with Crippen LogP contribution < -0.4 is 0 Å². The molecule has 0 aromatic heterocycles. The number of ether oxygens (including phenoxy) is 1. The Morgan fingerprint density at radius 2 is 2.62 bits per heavy atom. The highest BCUT2D eigenvalue weighted by atomic mass is 28.1. The second-order valence-corrected chi connectivity index (χ2v) is 5.06. The zero-order chi connectivity index (χ0) is 5.61. The molecular weight excluding hydrogens is 116 g/mol. The SMILES string of the molecule is [SiH3]C12C=CC(C1)OC2. The Morgan fingerprint density at radius 1 is 1.75 bits per heavy atom. The quantitative estimate of drug-likeness (QED) is 0.324. The molecule has 0 amide bonds. The van der Waals surface area contributed by atoms with Crippen LogP contribution in [0.25, 0.3) is 0 Å². The van der Waals surface area contributed by atoms with Crippen LogP contribution in [0.4, 0.5) is 0 Å². The van der Waals surface area contributed by atoms with E-state index in [9.17, 15) is 0 Å². The average Bonchev–Trinajstić information content (AvgIpc) is 2.21. The largest absolute Gasteiger partial charge is 0.374 e. The molecule has 2 heteroatoms. The van der Waals surface area contributed by atoms with Gasteiger partial charge in [0, 0.05) is 10.2 Å². The van der Waals surface area contributed by atoms with Gasteiger partial charge in [-0.15, -0.1) is 0 Å². The summed E-state index contributed by atoms with van der Waals surface area (Å²) in [6.45, 7) is 1.00. The molecule has 0 radical (unpaired) electrons. The van der Waals surface area contributed by atoms with Crippen LogP contribution in [0.1, 0.15) is 6.42 Å². The predicted molar refractivity (Wildman–Crippen MR) is 36.1 cm³/mol. The van der Waals surface area contributed by atoms with Crippen molar-refractivity contribution in [2.75, 3.05) is 6.61 Å². The van der Waals surface area contributed by atoms with Gasteiger partial charge in [0.05, 0.1) is 12.7 Å². The average molecular weight is 126 g/mol. The van der Waals surface area contributed by atoms with Crippen molar-refractivity contribution in [2.24, 2.45) is 0 Å². The molecule has 2 bridgehead atoms. The van der Waals surface area contributed by atoms with Crippen LogP contribution in [-0.4, -0.2) is 23.0 Å². The van der Waals surface area contributed by atoms with Gasteiger partial charge in [0.1, 0.15) is 0 Å². The molecule has 0 aromatic carbocycles. The van der Waals surface area contributed by atoms with Gasteiger partial charge in [0.25, 0.3) is 0 Å². The summed E-state index contributed by atoms with van der Waals surface area (Å²) < 4.78 is 5.40. The van der Waals surface area contributed by atoms with Crippen LogP contribution in [0.15, 0.2) is 12.2 Å². The van der Waals surface area contributed by atoms with Crippen LogP contribution in [0.5, 0.6) is 0 Å². The molecule has 1 heterocycles. The first-order valence-electron chi connectivity index (χ1n) is 3.10. The van der Waals surface area contributed by atoms with Crippen LogP contribution in [0.2, 0.25) is 5.04 Å². The van der Waals surface area contributed by atoms with Gasteiger partial charge in [-0.05, 0) is 11.5 Å². The molecule has 8 heavy (non-hydrogen) atoms. The lowest BCUT2D eigenvalue weighted by molar-refractivity contribution is 0.137. The van der Waals surface area contributed by atoms with E-state index >= 15 is 0 Å². The Kier molecular flexibility index (Phi) is 0.745. The van der Waals surface area contributed by atoms with Crippen molar-refractivity contribution in [3.8, 4) is 0 Å². The summed E-state index contributed by atoms with van der Waals surface area (Å²) in [7, 11) is 1.26. The molecule has 44 valence electrons. The third-order valence-corrected chi connectivity index (χ3v) is 3.04. The molecule has 1 saturated heterocycles. The highest BCUT2D eigenvalue weighted by molar-refractivity contribution is 6.17. The summed E-state index contributed by atoms with van der Waals surface area (Å²) in [5, 5.41) is 0.546. The first kappa shape index (κ1) is 4.76. The highest BCUT2D eigenvalue weighted by Crippen LogP contribution is 2.43. The second-order valence-electron chi connectivity index (χ2n) is 3.07. The minimum atomic E-state index is 0.493. The lowest BCUT2D eigenvalue weighted by Crippen LogP contribution is -2.07. The molecule has 1 aliphatic heterocycles. The van der Waals surface area contributed by atoms with Gasteiger partial charge in [-0.3, -0.25) is 0 Å². The number of hydrogen-bond donors (Lipinski definition) is 0.